The van der Waals surface area contributed by atoms with Crippen LogP contribution in [0.2, 0.25) is 0 Å². The summed E-state index contributed by atoms with van der Waals surface area (Å²) in [4.78, 5) is 4.51. The van der Waals surface area contributed by atoms with Crippen molar-refractivity contribution in [2.24, 2.45) is 4.99 Å². The first-order chi connectivity index (χ1) is 8.36. The summed E-state index contributed by atoms with van der Waals surface area (Å²) in [7, 11) is 0. The maximum atomic E-state index is 5.29. The quantitative estimate of drug-likeness (QED) is 0.327. The number of halogens is 1. The highest BCUT2D eigenvalue weighted by molar-refractivity contribution is 14.0. The highest BCUT2D eigenvalue weighted by Gasteiger charge is 2.13. The zero-order valence-corrected chi connectivity index (χ0v) is 14.0. The molecule has 4 nitrogen and oxygen atoms in total. The first kappa shape index (κ1) is 18.0. The maximum absolute atomic E-state index is 5.29. The van der Waals surface area contributed by atoms with Crippen LogP contribution in [-0.2, 0) is 4.74 Å². The molecule has 1 aliphatic rings. The average molecular weight is 369 g/mol. The van der Waals surface area contributed by atoms with E-state index in [1.54, 1.807) is 0 Å². The van der Waals surface area contributed by atoms with E-state index in [0.717, 1.165) is 25.7 Å². The van der Waals surface area contributed by atoms with Gasteiger partial charge in [-0.2, -0.15) is 0 Å². The van der Waals surface area contributed by atoms with Crippen molar-refractivity contribution in [3.8, 4) is 0 Å². The van der Waals surface area contributed by atoms with Crippen LogP contribution in [0.5, 0.6) is 0 Å². The number of hydrogen-bond acceptors (Lipinski definition) is 2. The minimum absolute atomic E-state index is 0. The van der Waals surface area contributed by atoms with Crippen molar-refractivity contribution in [1.29, 1.82) is 0 Å². The van der Waals surface area contributed by atoms with Gasteiger partial charge in [0.2, 0.25) is 0 Å². The van der Waals surface area contributed by atoms with Gasteiger partial charge in [-0.25, -0.2) is 0 Å². The Morgan fingerprint density at radius 1 is 1.22 bits per heavy atom. The van der Waals surface area contributed by atoms with Crippen LogP contribution in [0.3, 0.4) is 0 Å². The van der Waals surface area contributed by atoms with Crippen molar-refractivity contribution in [2.75, 3.05) is 26.3 Å². The van der Waals surface area contributed by atoms with Gasteiger partial charge in [-0.1, -0.05) is 19.3 Å². The van der Waals surface area contributed by atoms with Crippen molar-refractivity contribution < 1.29 is 4.74 Å². The molecule has 1 rings (SSSR count). The lowest BCUT2D eigenvalue weighted by Crippen LogP contribution is -2.44. The van der Waals surface area contributed by atoms with Gasteiger partial charge in [0.15, 0.2) is 5.96 Å². The third-order valence-corrected chi connectivity index (χ3v) is 3.00. The smallest absolute Gasteiger partial charge is 0.191 e. The molecule has 0 spiro atoms. The largest absolute Gasteiger partial charge is 0.380 e. The summed E-state index contributed by atoms with van der Waals surface area (Å²) < 4.78 is 5.29. The van der Waals surface area contributed by atoms with Crippen LogP contribution in [0.1, 0.15) is 46.0 Å². The van der Waals surface area contributed by atoms with Crippen LogP contribution in [0.25, 0.3) is 0 Å². The van der Waals surface area contributed by atoms with E-state index < -0.39 is 0 Å². The van der Waals surface area contributed by atoms with Crippen molar-refractivity contribution in [3.63, 3.8) is 0 Å². The Labute approximate surface area is 128 Å². The predicted molar refractivity (Wildman–Crippen MR) is 87.9 cm³/mol. The van der Waals surface area contributed by atoms with E-state index in [1.165, 1.54) is 32.1 Å². The molecule has 0 atom stereocenters. The van der Waals surface area contributed by atoms with Gasteiger partial charge in [-0.05, 0) is 26.7 Å². The molecule has 0 aromatic rings. The van der Waals surface area contributed by atoms with Gasteiger partial charge < -0.3 is 15.4 Å². The molecular weight excluding hydrogens is 341 g/mol. The third kappa shape index (κ3) is 8.13. The normalized spacial score (nSPS) is 17.1. The summed E-state index contributed by atoms with van der Waals surface area (Å²) in [6.07, 6.45) is 6.62. The Hall–Kier alpha value is -0.0400. The predicted octanol–water partition coefficient (Wildman–Crippen LogP) is 2.53. The van der Waals surface area contributed by atoms with Crippen molar-refractivity contribution in [3.05, 3.63) is 0 Å². The first-order valence-corrected chi connectivity index (χ1v) is 6.99. The number of nitrogens with one attached hydrogen (secondary N) is 2. The fourth-order valence-electron chi connectivity index (χ4n) is 2.13. The highest BCUT2D eigenvalue weighted by Crippen LogP contribution is 2.17. The summed E-state index contributed by atoms with van der Waals surface area (Å²) in [6, 6.07) is 0.605. The summed E-state index contributed by atoms with van der Waals surface area (Å²) in [5.41, 5.74) is 0. The van der Waals surface area contributed by atoms with E-state index in [4.69, 9.17) is 4.74 Å². The Morgan fingerprint density at radius 2 is 1.94 bits per heavy atom. The Balaban J connectivity index is 0.00000289. The minimum Gasteiger partial charge on any atom is -0.380 e. The zero-order chi connectivity index (χ0) is 12.3. The van der Waals surface area contributed by atoms with Crippen molar-refractivity contribution >= 4 is 29.9 Å². The lowest BCUT2D eigenvalue weighted by atomic mass is 9.96. The molecular formula is C13H28IN3O. The maximum Gasteiger partial charge on any atom is 0.191 e. The molecule has 0 aliphatic heterocycles. The van der Waals surface area contributed by atoms with Gasteiger partial charge in [0.25, 0.3) is 0 Å². The van der Waals surface area contributed by atoms with Crippen LogP contribution < -0.4 is 10.6 Å². The summed E-state index contributed by atoms with van der Waals surface area (Å²) in [5.74, 6) is 0.944. The molecule has 0 aromatic carbocycles. The van der Waals surface area contributed by atoms with Crippen LogP contribution in [0, 0.1) is 0 Å². The number of hydrogen-bond donors (Lipinski definition) is 2. The molecule has 108 valence electrons. The summed E-state index contributed by atoms with van der Waals surface area (Å²) in [6.45, 7) is 7.22. The van der Waals surface area contributed by atoms with E-state index in [2.05, 4.69) is 22.5 Å². The van der Waals surface area contributed by atoms with Gasteiger partial charge in [0.1, 0.15) is 0 Å². The van der Waals surface area contributed by atoms with Crippen LogP contribution >= 0.6 is 24.0 Å². The summed E-state index contributed by atoms with van der Waals surface area (Å²) >= 11 is 0. The fourth-order valence-corrected chi connectivity index (χ4v) is 2.13. The topological polar surface area (TPSA) is 45.7 Å². The second-order valence-corrected chi connectivity index (χ2v) is 4.44. The van der Waals surface area contributed by atoms with Gasteiger partial charge >= 0.3 is 0 Å². The second kappa shape index (κ2) is 12.0. The lowest BCUT2D eigenvalue weighted by molar-refractivity contribution is 0.155. The van der Waals surface area contributed by atoms with E-state index in [-0.39, 0.29) is 24.0 Å². The molecule has 18 heavy (non-hydrogen) atoms. The second-order valence-electron chi connectivity index (χ2n) is 4.44. The monoisotopic (exact) mass is 369 g/mol. The van der Waals surface area contributed by atoms with E-state index in [9.17, 15) is 0 Å². The molecule has 1 aliphatic carbocycles. The van der Waals surface area contributed by atoms with Gasteiger partial charge in [0.05, 0.1) is 13.2 Å². The first-order valence-electron chi connectivity index (χ1n) is 6.99. The highest BCUT2D eigenvalue weighted by atomic mass is 127. The van der Waals surface area contributed by atoms with Gasteiger partial charge in [-0.3, -0.25) is 4.99 Å². The van der Waals surface area contributed by atoms with Crippen LogP contribution in [0.15, 0.2) is 4.99 Å². The molecule has 0 unspecified atom stereocenters. The molecule has 0 bridgehead atoms. The minimum atomic E-state index is 0. The van der Waals surface area contributed by atoms with Crippen LogP contribution in [-0.4, -0.2) is 38.3 Å². The Morgan fingerprint density at radius 3 is 2.56 bits per heavy atom. The molecule has 5 heteroatoms. The van der Waals surface area contributed by atoms with Gasteiger partial charge in [0, 0.05) is 19.2 Å². The molecule has 0 heterocycles. The van der Waals surface area contributed by atoms with Crippen LogP contribution in [0.4, 0.5) is 0 Å². The Bertz CT molecular complexity index is 218. The molecule has 0 aromatic heterocycles. The van der Waals surface area contributed by atoms with Crippen molar-refractivity contribution in [2.45, 2.75) is 52.0 Å². The standard InChI is InChI=1S/C13H27N3O.HI/c1-3-14-13(15-10-11-17-4-2)16-12-8-6-5-7-9-12;/h12H,3-11H2,1-2H3,(H2,14,15,16);1H. The fraction of sp³-hybridized carbons (Fsp3) is 0.923. The number of guanidine groups is 1. The lowest BCUT2D eigenvalue weighted by Gasteiger charge is -2.24. The molecule has 1 saturated carbocycles. The molecule has 0 amide bonds. The zero-order valence-electron chi connectivity index (χ0n) is 11.7. The van der Waals surface area contributed by atoms with E-state index in [0.29, 0.717) is 12.6 Å². The van der Waals surface area contributed by atoms with E-state index in [1.807, 2.05) is 6.92 Å². The van der Waals surface area contributed by atoms with Gasteiger partial charge in [-0.15, -0.1) is 24.0 Å². The average Bonchev–Trinajstić information content (AvgIpc) is 2.36. The number of rotatable bonds is 6. The third-order valence-electron chi connectivity index (χ3n) is 3.00. The summed E-state index contributed by atoms with van der Waals surface area (Å²) in [5, 5.41) is 6.81. The van der Waals surface area contributed by atoms with E-state index >= 15 is 0 Å². The molecule has 0 radical (unpaired) electrons. The molecule has 0 saturated heterocycles. The SMILES string of the molecule is CCNC(=NCCOCC)NC1CCCCC1.I. The molecule has 1 fully saturated rings. The van der Waals surface area contributed by atoms with Crippen molar-refractivity contribution in [1.82, 2.24) is 10.6 Å². The number of ether oxygens (including phenoxy) is 1. The number of nitrogens with zero attached hydrogens (tertiary/aromatic N) is 1. The molecule has 2 N–H and O–H groups in total. The Kier molecular flexibility index (Phi) is 12.0. The number of aliphatic imine (C=N–C) groups is 1.